The van der Waals surface area contributed by atoms with Gasteiger partial charge in [0.15, 0.2) is 11.8 Å². The largest absolute Gasteiger partial charge is 0.497 e. The van der Waals surface area contributed by atoms with Crippen molar-refractivity contribution in [3.05, 3.63) is 60.2 Å². The molecule has 1 fully saturated rings. The number of hydroxylamine groups is 1. The fraction of sp³-hybridized carbons (Fsp3) is 0.118. The molecule has 1 aliphatic rings. The van der Waals surface area contributed by atoms with Crippen LogP contribution in [0.25, 0.3) is 0 Å². The molecule has 23 heavy (non-hydrogen) atoms. The van der Waals surface area contributed by atoms with E-state index in [1.807, 2.05) is 0 Å². The molecule has 0 amide bonds. The average Bonchev–Trinajstić information content (AvgIpc) is 2.90. The van der Waals surface area contributed by atoms with Crippen LogP contribution in [0, 0.1) is 0 Å². The summed E-state index contributed by atoms with van der Waals surface area (Å²) in [6, 6.07) is 13.5. The van der Waals surface area contributed by atoms with E-state index in [-0.39, 0.29) is 0 Å². The second kappa shape index (κ2) is 5.92. The van der Waals surface area contributed by atoms with Gasteiger partial charge in [0.1, 0.15) is 5.75 Å². The zero-order valence-corrected chi connectivity index (χ0v) is 12.3. The Morgan fingerprint density at radius 1 is 1.04 bits per heavy atom. The molecule has 1 atom stereocenters. The first kappa shape index (κ1) is 14.8. The first-order chi connectivity index (χ1) is 11.1. The van der Waals surface area contributed by atoms with Gasteiger partial charge in [0, 0.05) is 5.56 Å². The van der Waals surface area contributed by atoms with Crippen molar-refractivity contribution in [3.8, 4) is 5.75 Å². The number of carbonyl (C=O) groups excluding carboxylic acids is 3. The van der Waals surface area contributed by atoms with Gasteiger partial charge in [-0.05, 0) is 36.4 Å². The molecule has 1 heterocycles. The van der Waals surface area contributed by atoms with Crippen LogP contribution < -0.4 is 9.80 Å². The molecule has 0 N–H and O–H groups in total. The van der Waals surface area contributed by atoms with E-state index in [0.29, 0.717) is 17.0 Å². The Balaban J connectivity index is 1.95. The quantitative estimate of drug-likeness (QED) is 0.487. The minimum absolute atomic E-state index is 0.295. The van der Waals surface area contributed by atoms with Crippen LogP contribution in [0.5, 0.6) is 5.75 Å². The minimum atomic E-state index is -1.32. The average molecular weight is 311 g/mol. The number of para-hydroxylation sites is 1. The van der Waals surface area contributed by atoms with Crippen LogP contribution in [0.3, 0.4) is 0 Å². The van der Waals surface area contributed by atoms with E-state index in [1.165, 1.54) is 7.11 Å². The van der Waals surface area contributed by atoms with Crippen LogP contribution in [-0.4, -0.2) is 30.7 Å². The van der Waals surface area contributed by atoms with Gasteiger partial charge in [-0.15, -0.1) is 0 Å². The van der Waals surface area contributed by atoms with Gasteiger partial charge in [-0.2, -0.15) is 5.06 Å². The molecule has 0 radical (unpaired) electrons. The van der Waals surface area contributed by atoms with Gasteiger partial charge in [-0.25, -0.2) is 4.79 Å². The fourth-order valence-corrected chi connectivity index (χ4v) is 2.32. The van der Waals surface area contributed by atoms with Crippen LogP contribution >= 0.6 is 0 Å². The molecule has 1 unspecified atom stereocenters. The topological polar surface area (TPSA) is 72.9 Å². The number of nitrogens with zero attached hydrogens (tertiary/aromatic N) is 1. The molecule has 0 aliphatic carbocycles. The van der Waals surface area contributed by atoms with Gasteiger partial charge in [-0.1, -0.05) is 18.2 Å². The highest BCUT2D eigenvalue weighted by atomic mass is 16.7. The Bertz CT molecular complexity index is 754. The molecule has 0 bridgehead atoms. The molecule has 2 aromatic rings. The predicted molar refractivity (Wildman–Crippen MR) is 81.1 cm³/mol. The van der Waals surface area contributed by atoms with E-state index in [0.717, 1.165) is 5.06 Å². The molecule has 1 saturated heterocycles. The summed E-state index contributed by atoms with van der Waals surface area (Å²) in [4.78, 5) is 41.3. The van der Waals surface area contributed by atoms with Crippen molar-refractivity contribution in [2.24, 2.45) is 0 Å². The van der Waals surface area contributed by atoms with E-state index in [4.69, 9.17) is 9.57 Å². The van der Waals surface area contributed by atoms with Crippen molar-refractivity contribution in [1.82, 2.24) is 0 Å². The number of benzene rings is 2. The number of methoxy groups -OCH3 is 1. The smallest absolute Gasteiger partial charge is 0.401 e. The summed E-state index contributed by atoms with van der Waals surface area (Å²) in [5.74, 6) is -1.84. The molecule has 0 saturated carbocycles. The number of carbonyl (C=O) groups is 3. The molecule has 0 spiro atoms. The van der Waals surface area contributed by atoms with E-state index in [1.54, 1.807) is 54.6 Å². The van der Waals surface area contributed by atoms with Crippen LogP contribution in [-0.2, 0) is 14.4 Å². The minimum Gasteiger partial charge on any atom is -0.497 e. The lowest BCUT2D eigenvalue weighted by atomic mass is 10.0. The second-order valence-corrected chi connectivity index (χ2v) is 4.90. The van der Waals surface area contributed by atoms with Gasteiger partial charge in [0.2, 0.25) is 0 Å². The lowest BCUT2D eigenvalue weighted by molar-refractivity contribution is -0.147. The number of hydrogen-bond donors (Lipinski definition) is 0. The predicted octanol–water partition coefficient (Wildman–Crippen LogP) is 1.79. The first-order valence-corrected chi connectivity index (χ1v) is 6.90. The van der Waals surface area contributed by atoms with E-state index < -0.39 is 23.6 Å². The zero-order chi connectivity index (χ0) is 16.4. The lowest BCUT2D eigenvalue weighted by Gasteiger charge is -2.20. The van der Waals surface area contributed by atoms with Crippen molar-refractivity contribution < 1.29 is 24.0 Å². The third-order valence-electron chi connectivity index (χ3n) is 3.50. The summed E-state index contributed by atoms with van der Waals surface area (Å²) in [5, 5.41) is 1.05. The number of ketones is 2. The van der Waals surface area contributed by atoms with Crippen molar-refractivity contribution >= 4 is 23.2 Å². The van der Waals surface area contributed by atoms with Crippen LogP contribution in [0.4, 0.5) is 5.69 Å². The summed E-state index contributed by atoms with van der Waals surface area (Å²) < 4.78 is 5.04. The number of rotatable bonds is 4. The highest BCUT2D eigenvalue weighted by Crippen LogP contribution is 2.25. The monoisotopic (exact) mass is 311 g/mol. The molecule has 6 heteroatoms. The molecular formula is C17H13NO5. The normalized spacial score (nSPS) is 17.1. The molecule has 1 aliphatic heterocycles. The lowest BCUT2D eigenvalue weighted by Crippen LogP contribution is -2.39. The molecule has 0 aromatic heterocycles. The van der Waals surface area contributed by atoms with Crippen LogP contribution in [0.2, 0.25) is 0 Å². The third kappa shape index (κ3) is 2.66. The Hall–Kier alpha value is -3.15. The van der Waals surface area contributed by atoms with E-state index >= 15 is 0 Å². The highest BCUT2D eigenvalue weighted by Gasteiger charge is 2.47. The maximum atomic E-state index is 12.7. The zero-order valence-electron chi connectivity index (χ0n) is 12.3. The first-order valence-electron chi connectivity index (χ1n) is 6.90. The highest BCUT2D eigenvalue weighted by molar-refractivity contribution is 6.44. The summed E-state index contributed by atoms with van der Waals surface area (Å²) in [6.07, 6.45) is 0. The fourth-order valence-electron chi connectivity index (χ4n) is 2.32. The van der Waals surface area contributed by atoms with Gasteiger partial charge in [0.25, 0.3) is 5.78 Å². The number of ether oxygens (including phenoxy) is 1. The number of Topliss-reactive ketones (excluding diaryl/α,β-unsaturated/α-hetero) is 2. The van der Waals surface area contributed by atoms with Crippen LogP contribution in [0.1, 0.15) is 10.4 Å². The summed E-state index contributed by atoms with van der Waals surface area (Å²) >= 11 is 0. The van der Waals surface area contributed by atoms with Crippen LogP contribution in [0.15, 0.2) is 54.6 Å². The van der Waals surface area contributed by atoms with Gasteiger partial charge in [-0.3, -0.25) is 9.59 Å². The third-order valence-corrected chi connectivity index (χ3v) is 3.50. The molecular weight excluding hydrogens is 298 g/mol. The van der Waals surface area contributed by atoms with Gasteiger partial charge >= 0.3 is 5.97 Å². The maximum Gasteiger partial charge on any atom is 0.401 e. The van der Waals surface area contributed by atoms with Crippen molar-refractivity contribution in [3.63, 3.8) is 0 Å². The van der Waals surface area contributed by atoms with Crippen molar-refractivity contribution in [2.45, 2.75) is 6.04 Å². The Morgan fingerprint density at radius 3 is 2.30 bits per heavy atom. The number of anilines is 1. The number of hydrogen-bond acceptors (Lipinski definition) is 6. The Labute approximate surface area is 132 Å². The standard InChI is InChI=1S/C17H13NO5/c1-22-13-9-7-11(8-10-13)15(19)14-16(20)17(21)23-18(14)12-5-3-2-4-6-12/h2-10,14H,1H3. The summed E-state index contributed by atoms with van der Waals surface area (Å²) in [5.41, 5.74) is 0.752. The van der Waals surface area contributed by atoms with Gasteiger partial charge in [0.05, 0.1) is 12.8 Å². The molecule has 2 aromatic carbocycles. The van der Waals surface area contributed by atoms with Crippen molar-refractivity contribution in [1.29, 1.82) is 0 Å². The molecule has 3 rings (SSSR count). The Kier molecular flexibility index (Phi) is 3.80. The van der Waals surface area contributed by atoms with Gasteiger partial charge < -0.3 is 9.57 Å². The summed E-state index contributed by atoms with van der Waals surface area (Å²) in [7, 11) is 1.51. The SMILES string of the molecule is COc1ccc(C(=O)C2C(=O)C(=O)ON2c2ccccc2)cc1. The Morgan fingerprint density at radius 2 is 1.70 bits per heavy atom. The molecule has 6 nitrogen and oxygen atoms in total. The van der Waals surface area contributed by atoms with E-state index in [2.05, 4.69) is 0 Å². The summed E-state index contributed by atoms with van der Waals surface area (Å²) in [6.45, 7) is 0. The molecule has 116 valence electrons. The maximum absolute atomic E-state index is 12.7. The second-order valence-electron chi connectivity index (χ2n) is 4.90. The van der Waals surface area contributed by atoms with E-state index in [9.17, 15) is 14.4 Å². The van der Waals surface area contributed by atoms with Crippen molar-refractivity contribution in [2.75, 3.05) is 12.2 Å².